The van der Waals surface area contributed by atoms with Gasteiger partial charge in [-0.3, -0.25) is 14.4 Å². The summed E-state index contributed by atoms with van der Waals surface area (Å²) in [6, 6.07) is 5.27. The number of fused-ring (bicyclic) bond motifs is 1. The van der Waals surface area contributed by atoms with E-state index in [4.69, 9.17) is 14.2 Å². The number of carbonyl (C=O) groups is 3. The number of methoxy groups -OCH3 is 1. The lowest BCUT2D eigenvalue weighted by atomic mass is 9.70. The standard InChI is InChI=1S/C25H33BrN2O7/c1-5-13(3)17(12-29)28-21(22(30)27-14-7-9-15(33-4)10-8-14)25-11-16(26)20(35-25)18(19(25)23(28)31)24(32)34-6-2/h7-10,13,16-21,29H,5-6,11-12H2,1-4H3,(H,27,30)/t13-,16?,17-,18-,19+,20-,21-,25+/m0/s1. The van der Waals surface area contributed by atoms with E-state index in [0.717, 1.165) is 0 Å². The predicted octanol–water partition coefficient (Wildman–Crippen LogP) is 2.35. The molecule has 3 heterocycles. The van der Waals surface area contributed by atoms with Crippen molar-refractivity contribution >= 4 is 39.4 Å². The summed E-state index contributed by atoms with van der Waals surface area (Å²) in [7, 11) is 1.56. The molecule has 3 aliphatic rings. The molecule has 1 aromatic carbocycles. The van der Waals surface area contributed by atoms with Gasteiger partial charge in [0.25, 0.3) is 0 Å². The van der Waals surface area contributed by atoms with Gasteiger partial charge in [0, 0.05) is 10.5 Å². The number of nitrogens with zero attached hydrogens (tertiary/aromatic N) is 1. The Bertz CT molecular complexity index is 973. The van der Waals surface area contributed by atoms with Gasteiger partial charge in [-0.1, -0.05) is 36.2 Å². The van der Waals surface area contributed by atoms with Gasteiger partial charge in [-0.25, -0.2) is 0 Å². The molecule has 3 fully saturated rings. The molecule has 2 bridgehead atoms. The van der Waals surface area contributed by atoms with E-state index in [9.17, 15) is 19.5 Å². The highest BCUT2D eigenvalue weighted by atomic mass is 79.9. The number of nitrogens with one attached hydrogen (secondary N) is 1. The first-order chi connectivity index (χ1) is 16.7. The number of esters is 1. The average molecular weight is 553 g/mol. The Morgan fingerprint density at radius 2 is 2.00 bits per heavy atom. The number of hydrogen-bond donors (Lipinski definition) is 2. The van der Waals surface area contributed by atoms with Crippen LogP contribution in [0, 0.1) is 17.8 Å². The van der Waals surface area contributed by atoms with Crippen LogP contribution in [0.1, 0.15) is 33.6 Å². The van der Waals surface area contributed by atoms with Crippen LogP contribution >= 0.6 is 15.9 Å². The summed E-state index contributed by atoms with van der Waals surface area (Å²) in [5.74, 6) is -2.37. The summed E-state index contributed by atoms with van der Waals surface area (Å²) in [5, 5.41) is 13.2. The minimum absolute atomic E-state index is 0.0755. The van der Waals surface area contributed by atoms with Crippen molar-refractivity contribution in [1.82, 2.24) is 4.90 Å². The number of halogens is 1. The zero-order valence-electron chi connectivity index (χ0n) is 20.4. The molecule has 1 aromatic rings. The number of benzene rings is 1. The molecule has 10 heteroatoms. The topological polar surface area (TPSA) is 114 Å². The number of aliphatic hydroxyl groups excluding tert-OH is 1. The summed E-state index contributed by atoms with van der Waals surface area (Å²) in [6.07, 6.45) is 0.517. The van der Waals surface area contributed by atoms with Crippen LogP contribution in [0.3, 0.4) is 0 Å². The summed E-state index contributed by atoms with van der Waals surface area (Å²) < 4.78 is 16.9. The second-order valence-electron chi connectivity index (χ2n) is 9.51. The van der Waals surface area contributed by atoms with Gasteiger partial charge >= 0.3 is 5.97 Å². The number of likely N-dealkylation sites (tertiary alicyclic amines) is 1. The van der Waals surface area contributed by atoms with E-state index >= 15 is 0 Å². The fraction of sp³-hybridized carbons (Fsp3) is 0.640. The van der Waals surface area contributed by atoms with E-state index in [1.54, 1.807) is 38.3 Å². The molecular formula is C25H33BrN2O7. The van der Waals surface area contributed by atoms with Gasteiger partial charge in [-0.15, -0.1) is 0 Å². The van der Waals surface area contributed by atoms with Gasteiger partial charge in [-0.2, -0.15) is 0 Å². The molecule has 1 spiro atoms. The number of anilines is 1. The van der Waals surface area contributed by atoms with Gasteiger partial charge in [0.05, 0.1) is 44.3 Å². The summed E-state index contributed by atoms with van der Waals surface area (Å²) in [6.45, 7) is 5.50. The third-order valence-electron chi connectivity index (χ3n) is 7.74. The van der Waals surface area contributed by atoms with Crippen molar-refractivity contribution in [1.29, 1.82) is 0 Å². The van der Waals surface area contributed by atoms with Gasteiger partial charge in [-0.05, 0) is 43.5 Å². The number of carbonyl (C=O) groups excluding carboxylic acids is 3. The molecule has 2 N–H and O–H groups in total. The summed E-state index contributed by atoms with van der Waals surface area (Å²) in [5.41, 5.74) is -0.665. The van der Waals surface area contributed by atoms with Crippen molar-refractivity contribution in [3.05, 3.63) is 24.3 Å². The first-order valence-corrected chi connectivity index (χ1v) is 13.0. The van der Waals surface area contributed by atoms with Crippen LogP contribution in [0.15, 0.2) is 24.3 Å². The van der Waals surface area contributed by atoms with E-state index in [1.165, 1.54) is 4.90 Å². The van der Waals surface area contributed by atoms with Crippen molar-refractivity contribution in [2.24, 2.45) is 17.8 Å². The Hall–Kier alpha value is -2.17. The Labute approximate surface area is 213 Å². The zero-order valence-corrected chi connectivity index (χ0v) is 22.0. The van der Waals surface area contributed by atoms with Crippen molar-refractivity contribution < 1.29 is 33.7 Å². The maximum atomic E-state index is 14.0. The molecule has 0 aliphatic carbocycles. The molecule has 0 radical (unpaired) electrons. The second-order valence-corrected chi connectivity index (χ2v) is 10.7. The lowest BCUT2D eigenvalue weighted by Gasteiger charge is -2.38. The molecule has 3 saturated heterocycles. The second kappa shape index (κ2) is 10.1. The molecule has 0 saturated carbocycles. The molecule has 2 amide bonds. The molecule has 3 aliphatic heterocycles. The quantitative estimate of drug-likeness (QED) is 0.357. The maximum Gasteiger partial charge on any atom is 0.312 e. The minimum Gasteiger partial charge on any atom is -0.497 e. The maximum absolute atomic E-state index is 14.0. The van der Waals surface area contributed by atoms with Crippen molar-refractivity contribution in [2.45, 2.75) is 62.2 Å². The average Bonchev–Trinajstić information content (AvgIpc) is 3.43. The normalized spacial score (nSPS) is 32.8. The van der Waals surface area contributed by atoms with E-state index in [0.29, 0.717) is 24.3 Å². The van der Waals surface area contributed by atoms with E-state index in [1.807, 2.05) is 13.8 Å². The number of rotatable bonds is 9. The highest BCUT2D eigenvalue weighted by Crippen LogP contribution is 2.60. The molecule has 4 rings (SSSR count). The largest absolute Gasteiger partial charge is 0.497 e. The third-order valence-corrected chi connectivity index (χ3v) is 8.58. The monoisotopic (exact) mass is 552 g/mol. The molecule has 9 nitrogen and oxygen atoms in total. The van der Waals surface area contributed by atoms with E-state index < -0.39 is 47.5 Å². The highest BCUT2D eigenvalue weighted by molar-refractivity contribution is 9.09. The number of alkyl halides is 1. The zero-order chi connectivity index (χ0) is 25.5. The van der Waals surface area contributed by atoms with Crippen LogP contribution in [0.4, 0.5) is 5.69 Å². The molecule has 8 atom stereocenters. The Morgan fingerprint density at radius 1 is 1.31 bits per heavy atom. The number of amides is 2. The summed E-state index contributed by atoms with van der Waals surface area (Å²) >= 11 is 3.62. The van der Waals surface area contributed by atoms with Crippen LogP contribution in [0.25, 0.3) is 0 Å². The van der Waals surface area contributed by atoms with Gasteiger partial charge in [0.2, 0.25) is 11.8 Å². The van der Waals surface area contributed by atoms with Crippen molar-refractivity contribution in [2.75, 3.05) is 25.6 Å². The molecule has 192 valence electrons. The highest BCUT2D eigenvalue weighted by Gasteiger charge is 2.77. The summed E-state index contributed by atoms with van der Waals surface area (Å²) in [4.78, 5) is 42.1. The molecular weight excluding hydrogens is 520 g/mol. The Balaban J connectivity index is 1.76. The van der Waals surface area contributed by atoms with E-state index in [2.05, 4.69) is 21.2 Å². The number of hydrogen-bond acceptors (Lipinski definition) is 7. The predicted molar refractivity (Wildman–Crippen MR) is 131 cm³/mol. The fourth-order valence-corrected chi connectivity index (χ4v) is 6.87. The first-order valence-electron chi connectivity index (χ1n) is 12.1. The van der Waals surface area contributed by atoms with Crippen LogP contribution in [0.2, 0.25) is 0 Å². The van der Waals surface area contributed by atoms with Crippen LogP contribution < -0.4 is 10.1 Å². The first kappa shape index (κ1) is 25.9. The minimum atomic E-state index is -1.20. The smallest absolute Gasteiger partial charge is 0.312 e. The Morgan fingerprint density at radius 3 is 2.57 bits per heavy atom. The number of aliphatic hydroxyl groups is 1. The van der Waals surface area contributed by atoms with Gasteiger partial charge < -0.3 is 29.5 Å². The van der Waals surface area contributed by atoms with E-state index in [-0.39, 0.29) is 29.9 Å². The lowest BCUT2D eigenvalue weighted by Crippen LogP contribution is -2.57. The molecule has 0 aromatic heterocycles. The van der Waals surface area contributed by atoms with Crippen molar-refractivity contribution in [3.63, 3.8) is 0 Å². The Kier molecular flexibility index (Phi) is 7.45. The van der Waals surface area contributed by atoms with Crippen LogP contribution in [-0.4, -0.2) is 76.7 Å². The molecule has 1 unspecified atom stereocenters. The van der Waals surface area contributed by atoms with Crippen molar-refractivity contribution in [3.8, 4) is 5.75 Å². The number of ether oxygens (including phenoxy) is 3. The lowest BCUT2D eigenvalue weighted by molar-refractivity contribution is -0.155. The van der Waals surface area contributed by atoms with Gasteiger partial charge in [0.1, 0.15) is 17.4 Å². The van der Waals surface area contributed by atoms with Gasteiger partial charge in [0.15, 0.2) is 0 Å². The fourth-order valence-electron chi connectivity index (χ4n) is 5.93. The SMILES string of the molecule is CCOC(=O)[C@@H]1[C@H]2O[C@@]3(CC2Br)[C@H](C(=O)Nc2ccc(OC)cc2)N([C@@H](CO)[C@@H](C)CC)C(=O)[C@@H]13. The molecule has 35 heavy (non-hydrogen) atoms. The van der Waals surface area contributed by atoms with Crippen LogP contribution in [0.5, 0.6) is 5.75 Å². The third kappa shape index (κ3) is 4.13. The van der Waals surface area contributed by atoms with Crippen LogP contribution in [-0.2, 0) is 23.9 Å².